The number of hydrogen-bond donors (Lipinski definition) is 2. The average molecular weight is 655 g/mol. The summed E-state index contributed by atoms with van der Waals surface area (Å²) in [5, 5.41) is 18.0. The number of hydrogen-bond acceptors (Lipinski definition) is 9. The molecule has 2 N–H and O–H groups in total. The predicted octanol–water partition coefficient (Wildman–Crippen LogP) is 6.88. The van der Waals surface area contributed by atoms with E-state index in [0.29, 0.717) is 54.2 Å². The number of carbonyl (C=O) groups excluding carboxylic acids is 2. The van der Waals surface area contributed by atoms with Gasteiger partial charge in [0, 0.05) is 27.2 Å². The molecule has 0 amide bonds. The summed E-state index contributed by atoms with van der Waals surface area (Å²) in [6.45, 7) is 2.46. The van der Waals surface area contributed by atoms with Crippen LogP contribution in [0, 0.1) is 5.82 Å². The van der Waals surface area contributed by atoms with Gasteiger partial charge in [-0.3, -0.25) is 9.59 Å². The van der Waals surface area contributed by atoms with Gasteiger partial charge >= 0.3 is 0 Å². The van der Waals surface area contributed by atoms with E-state index in [1.165, 1.54) is 6.07 Å². The molecular weight excluding hydrogens is 627 g/mol. The van der Waals surface area contributed by atoms with E-state index in [9.17, 15) is 14.0 Å². The summed E-state index contributed by atoms with van der Waals surface area (Å²) in [5.74, 6) is 0.708. The fraction of sp³-hybridized carbons (Fsp3) is 0.188. The van der Waals surface area contributed by atoms with Crippen LogP contribution in [-0.2, 0) is 18.9 Å². The second-order valence-corrected chi connectivity index (χ2v) is 9.89. The van der Waals surface area contributed by atoms with Gasteiger partial charge in [-0.05, 0) is 70.5 Å². The maximum absolute atomic E-state index is 12.2. The van der Waals surface area contributed by atoms with Crippen molar-refractivity contribution < 1.29 is 47.9 Å². The Labute approximate surface area is 255 Å². The molecule has 2 heterocycles. The summed E-state index contributed by atoms with van der Waals surface area (Å²) in [6.07, 6.45) is 0.646. The summed E-state index contributed by atoms with van der Waals surface area (Å²) >= 11 is 3.34. The Balaban J connectivity index is 0.000000163. The molecule has 0 aliphatic carbocycles. The van der Waals surface area contributed by atoms with Gasteiger partial charge in [0.1, 0.15) is 28.8 Å². The molecule has 0 unspecified atom stereocenters. The third-order valence-electron chi connectivity index (χ3n) is 5.97. The van der Waals surface area contributed by atoms with Crippen molar-refractivity contribution in [2.45, 2.75) is 12.6 Å². The quantitative estimate of drug-likeness (QED) is 0.214. The highest BCUT2D eigenvalue weighted by molar-refractivity contribution is 9.10. The molecule has 0 aromatic heterocycles. The summed E-state index contributed by atoms with van der Waals surface area (Å²) in [7, 11) is 0. The maximum atomic E-state index is 12.2. The van der Waals surface area contributed by atoms with Crippen LogP contribution in [0.3, 0.4) is 0 Å². The van der Waals surface area contributed by atoms with E-state index >= 15 is 0 Å². The van der Waals surface area contributed by atoms with Crippen LogP contribution in [0.2, 0.25) is 0 Å². The second kappa shape index (κ2) is 15.9. The highest BCUT2D eigenvalue weighted by Crippen LogP contribution is 2.30. The van der Waals surface area contributed by atoms with Crippen molar-refractivity contribution in [1.82, 2.24) is 0 Å². The first kappa shape index (κ1) is 31.8. The number of carbonyl (C=O) groups is 2. The van der Waals surface area contributed by atoms with E-state index in [0.717, 1.165) is 29.5 Å². The minimum atomic E-state index is -0.553. The van der Waals surface area contributed by atoms with Gasteiger partial charge in [0.15, 0.2) is 25.2 Å². The molecular formula is C32H28BrFO9. The Morgan fingerprint density at radius 1 is 0.698 bits per heavy atom. The van der Waals surface area contributed by atoms with Gasteiger partial charge in [-0.15, -0.1) is 0 Å². The van der Waals surface area contributed by atoms with Gasteiger partial charge in [0.25, 0.3) is 0 Å². The Kier molecular flexibility index (Phi) is 11.8. The number of aldehydes is 2. The zero-order valence-corrected chi connectivity index (χ0v) is 24.3. The van der Waals surface area contributed by atoms with E-state index in [-0.39, 0.29) is 29.6 Å². The van der Waals surface area contributed by atoms with Crippen LogP contribution in [0.5, 0.6) is 23.0 Å². The average Bonchev–Trinajstić information content (AvgIpc) is 3.74. The number of benzene rings is 4. The normalized spacial score (nSPS) is 14.7. The van der Waals surface area contributed by atoms with Gasteiger partial charge in [-0.2, -0.15) is 0 Å². The smallest absolute Gasteiger partial charge is 0.184 e. The van der Waals surface area contributed by atoms with Crippen LogP contribution < -0.4 is 4.74 Å². The van der Waals surface area contributed by atoms with Gasteiger partial charge < -0.3 is 33.9 Å². The van der Waals surface area contributed by atoms with Gasteiger partial charge in [-0.1, -0.05) is 24.3 Å². The molecule has 11 heteroatoms. The van der Waals surface area contributed by atoms with Crippen molar-refractivity contribution in [2.75, 3.05) is 26.4 Å². The molecule has 9 nitrogen and oxygen atoms in total. The minimum Gasteiger partial charge on any atom is -0.508 e. The molecule has 0 bridgehead atoms. The molecule has 4 aromatic rings. The number of halogens is 2. The van der Waals surface area contributed by atoms with E-state index in [1.807, 2.05) is 30.3 Å². The molecule has 0 atom stereocenters. The topological polar surface area (TPSA) is 121 Å². The number of aromatic hydroxyl groups is 2. The van der Waals surface area contributed by atoms with E-state index in [1.54, 1.807) is 36.4 Å². The Bertz CT molecular complexity index is 1520. The molecule has 0 radical (unpaired) electrons. The van der Waals surface area contributed by atoms with Crippen LogP contribution in [-0.4, -0.2) is 49.2 Å². The van der Waals surface area contributed by atoms with Gasteiger partial charge in [-0.25, -0.2) is 4.39 Å². The van der Waals surface area contributed by atoms with Crippen molar-refractivity contribution >= 4 is 28.5 Å². The van der Waals surface area contributed by atoms with Crippen molar-refractivity contribution in [3.63, 3.8) is 0 Å². The van der Waals surface area contributed by atoms with Crippen molar-refractivity contribution in [3.8, 4) is 23.0 Å². The fourth-order valence-electron chi connectivity index (χ4n) is 3.92. The van der Waals surface area contributed by atoms with Crippen LogP contribution in [0.25, 0.3) is 0 Å². The fourth-order valence-corrected chi connectivity index (χ4v) is 4.37. The lowest BCUT2D eigenvalue weighted by Crippen LogP contribution is -1.98. The molecule has 2 aliphatic rings. The molecule has 4 aromatic carbocycles. The predicted molar refractivity (Wildman–Crippen MR) is 157 cm³/mol. The number of phenolic OH excluding ortho intramolecular Hbond substituents is 2. The Morgan fingerprint density at radius 3 is 1.81 bits per heavy atom. The number of phenols is 2. The molecule has 0 saturated carbocycles. The van der Waals surface area contributed by atoms with Crippen molar-refractivity contribution in [2.24, 2.45) is 0 Å². The number of rotatable bonds is 6. The van der Waals surface area contributed by atoms with Gasteiger partial charge in [0.2, 0.25) is 0 Å². The van der Waals surface area contributed by atoms with Gasteiger partial charge in [0.05, 0.1) is 32.0 Å². The van der Waals surface area contributed by atoms with Crippen LogP contribution in [0.15, 0.2) is 89.4 Å². The van der Waals surface area contributed by atoms with Crippen LogP contribution >= 0.6 is 15.9 Å². The largest absolute Gasteiger partial charge is 0.508 e. The molecule has 224 valence electrons. The van der Waals surface area contributed by atoms with E-state index in [2.05, 4.69) is 15.9 Å². The lowest BCUT2D eigenvalue weighted by molar-refractivity contribution is -0.0444. The highest BCUT2D eigenvalue weighted by Gasteiger charge is 2.19. The third-order valence-corrected chi connectivity index (χ3v) is 6.66. The van der Waals surface area contributed by atoms with Crippen molar-refractivity contribution in [3.05, 3.63) is 117 Å². The SMILES string of the molecule is O=Cc1ccc(F)cc1O.O=Cc1ccc(Oc2cccc(C3OCCO3)c2)cc1Br.Oc1cccc(C2OCCO2)c1. The molecule has 2 fully saturated rings. The van der Waals surface area contributed by atoms with Crippen LogP contribution in [0.1, 0.15) is 44.4 Å². The Morgan fingerprint density at radius 2 is 1.26 bits per heavy atom. The first-order chi connectivity index (χ1) is 20.9. The monoisotopic (exact) mass is 654 g/mol. The van der Waals surface area contributed by atoms with Crippen LogP contribution in [0.4, 0.5) is 4.39 Å². The zero-order chi connectivity index (χ0) is 30.6. The third kappa shape index (κ3) is 9.43. The minimum absolute atomic E-state index is 0.0985. The van der Waals surface area contributed by atoms with Crippen molar-refractivity contribution in [1.29, 1.82) is 0 Å². The molecule has 43 heavy (non-hydrogen) atoms. The lowest BCUT2D eigenvalue weighted by Gasteiger charge is -2.12. The summed E-state index contributed by atoms with van der Waals surface area (Å²) in [6, 6.07) is 22.9. The van der Waals surface area contributed by atoms with E-state index < -0.39 is 5.82 Å². The zero-order valence-electron chi connectivity index (χ0n) is 22.7. The molecule has 2 aliphatic heterocycles. The summed E-state index contributed by atoms with van der Waals surface area (Å²) in [5.41, 5.74) is 2.48. The summed E-state index contributed by atoms with van der Waals surface area (Å²) < 4.78 is 40.2. The maximum Gasteiger partial charge on any atom is 0.184 e. The number of ether oxygens (including phenoxy) is 5. The Hall–Kier alpha value is -4.13. The first-order valence-corrected chi connectivity index (χ1v) is 13.9. The second-order valence-electron chi connectivity index (χ2n) is 9.04. The molecule has 6 rings (SSSR count). The molecule has 0 spiro atoms. The summed E-state index contributed by atoms with van der Waals surface area (Å²) in [4.78, 5) is 20.8. The van der Waals surface area contributed by atoms with E-state index in [4.69, 9.17) is 33.9 Å². The highest BCUT2D eigenvalue weighted by atomic mass is 79.9. The first-order valence-electron chi connectivity index (χ1n) is 13.1. The standard InChI is InChI=1S/C16H13BrO4.C9H10O3.C7H5FO2/c17-15-9-14(5-4-12(15)10-18)21-13-3-1-2-11(8-13)16-19-6-7-20-16;10-8-3-1-2-7(6-8)9-11-4-5-12-9;8-6-2-1-5(4-9)7(10)3-6/h1-5,8-10,16H,6-7H2;1-3,6,9-10H,4-5H2;1-4,10H. The lowest BCUT2D eigenvalue weighted by atomic mass is 10.2. The molecule has 2 saturated heterocycles.